The first-order valence-corrected chi connectivity index (χ1v) is 10.7. The van der Waals surface area contributed by atoms with Gasteiger partial charge in [-0.1, -0.05) is 11.6 Å². The molecule has 2 N–H and O–H groups in total. The van der Waals surface area contributed by atoms with Gasteiger partial charge in [-0.05, 0) is 55.5 Å². The van der Waals surface area contributed by atoms with Gasteiger partial charge in [0.2, 0.25) is 15.4 Å². The fourth-order valence-corrected chi connectivity index (χ4v) is 4.08. The van der Waals surface area contributed by atoms with E-state index in [1.165, 1.54) is 24.3 Å². The van der Waals surface area contributed by atoms with E-state index in [0.29, 0.717) is 18.3 Å². The Hall–Kier alpha value is -3.02. The Balaban J connectivity index is 1.86. The third-order valence-electron chi connectivity index (χ3n) is 4.48. The SMILES string of the molecule is C[C@@](O)(C(=O)Nc1ccc(S(=O)(=O)c2ccc(-c3ncccn3)cc2)cc1Cl)C(F)(F)F. The minimum absolute atomic E-state index is 0.0648. The number of rotatable bonds is 5. The zero-order chi connectivity index (χ0) is 23.7. The zero-order valence-corrected chi connectivity index (χ0v) is 17.8. The summed E-state index contributed by atoms with van der Waals surface area (Å²) in [4.78, 5) is 19.7. The van der Waals surface area contributed by atoms with Gasteiger partial charge in [0.05, 0.1) is 20.5 Å². The lowest BCUT2D eigenvalue weighted by atomic mass is 10.1. The minimum atomic E-state index is -5.22. The van der Waals surface area contributed by atoms with Gasteiger partial charge < -0.3 is 10.4 Å². The zero-order valence-electron chi connectivity index (χ0n) is 16.3. The van der Waals surface area contributed by atoms with Gasteiger partial charge in [0.25, 0.3) is 5.91 Å². The van der Waals surface area contributed by atoms with Crippen molar-refractivity contribution in [3.63, 3.8) is 0 Å². The topological polar surface area (TPSA) is 109 Å². The van der Waals surface area contributed by atoms with Crippen molar-refractivity contribution >= 4 is 33.0 Å². The molecule has 0 aliphatic rings. The van der Waals surface area contributed by atoms with E-state index in [0.717, 1.165) is 18.2 Å². The molecule has 0 saturated heterocycles. The second-order valence-corrected chi connectivity index (χ2v) is 9.12. The highest BCUT2D eigenvalue weighted by molar-refractivity contribution is 7.91. The number of halogens is 4. The maximum atomic E-state index is 12.9. The van der Waals surface area contributed by atoms with Crippen LogP contribution in [0.25, 0.3) is 11.4 Å². The van der Waals surface area contributed by atoms with Gasteiger partial charge in [0.1, 0.15) is 0 Å². The van der Waals surface area contributed by atoms with Crippen LogP contribution in [-0.2, 0) is 14.6 Å². The van der Waals surface area contributed by atoms with Gasteiger partial charge in [-0.25, -0.2) is 18.4 Å². The molecule has 168 valence electrons. The van der Waals surface area contributed by atoms with Gasteiger partial charge in [-0.3, -0.25) is 4.79 Å². The average Bonchev–Trinajstić information content (AvgIpc) is 2.75. The summed E-state index contributed by atoms with van der Waals surface area (Å²) in [6.45, 7) is 0.291. The van der Waals surface area contributed by atoms with Crippen LogP contribution in [0.2, 0.25) is 5.02 Å². The first-order valence-electron chi connectivity index (χ1n) is 8.86. The number of amides is 1. The number of alkyl halides is 3. The van der Waals surface area contributed by atoms with Crippen LogP contribution in [0.3, 0.4) is 0 Å². The van der Waals surface area contributed by atoms with Crippen LogP contribution in [-0.4, -0.2) is 41.2 Å². The number of hydrogen-bond acceptors (Lipinski definition) is 6. The molecular formula is C20H15ClF3N3O4S. The van der Waals surface area contributed by atoms with Crippen molar-refractivity contribution in [3.05, 3.63) is 65.9 Å². The number of benzene rings is 2. The Morgan fingerprint density at radius 3 is 2.12 bits per heavy atom. The van der Waals surface area contributed by atoms with E-state index in [-0.39, 0.29) is 20.5 Å². The van der Waals surface area contributed by atoms with E-state index in [2.05, 4.69) is 9.97 Å². The van der Waals surface area contributed by atoms with Crippen LogP contribution in [0.15, 0.2) is 70.7 Å². The number of aliphatic hydroxyl groups is 1. The molecule has 32 heavy (non-hydrogen) atoms. The largest absolute Gasteiger partial charge is 0.426 e. The Labute approximate surface area is 185 Å². The molecule has 7 nitrogen and oxygen atoms in total. The van der Waals surface area contributed by atoms with Crippen molar-refractivity contribution < 1.29 is 31.5 Å². The quantitative estimate of drug-likeness (QED) is 0.567. The molecule has 1 atom stereocenters. The van der Waals surface area contributed by atoms with Crippen molar-refractivity contribution in [1.82, 2.24) is 9.97 Å². The molecule has 3 aromatic rings. The van der Waals surface area contributed by atoms with E-state index in [9.17, 15) is 31.5 Å². The Kier molecular flexibility index (Phi) is 6.27. The second kappa shape index (κ2) is 8.49. The lowest BCUT2D eigenvalue weighted by Crippen LogP contribution is -2.52. The Morgan fingerprint density at radius 2 is 1.59 bits per heavy atom. The molecule has 2 aromatic carbocycles. The lowest BCUT2D eigenvalue weighted by molar-refractivity contribution is -0.242. The molecule has 12 heteroatoms. The molecule has 0 saturated carbocycles. The Bertz CT molecular complexity index is 1250. The average molecular weight is 486 g/mol. The molecular weight excluding hydrogens is 471 g/mol. The molecule has 0 aliphatic carbocycles. The number of nitrogens with one attached hydrogen (secondary N) is 1. The minimum Gasteiger partial charge on any atom is -0.373 e. The van der Waals surface area contributed by atoms with E-state index < -0.39 is 27.5 Å². The molecule has 0 spiro atoms. The smallest absolute Gasteiger partial charge is 0.373 e. The third-order valence-corrected chi connectivity index (χ3v) is 6.56. The predicted molar refractivity (Wildman–Crippen MR) is 110 cm³/mol. The summed E-state index contributed by atoms with van der Waals surface area (Å²) in [6, 6.07) is 10.5. The molecule has 0 aliphatic heterocycles. The Morgan fingerprint density at radius 1 is 1.03 bits per heavy atom. The third kappa shape index (κ3) is 4.59. The van der Waals surface area contributed by atoms with Gasteiger partial charge >= 0.3 is 6.18 Å². The van der Waals surface area contributed by atoms with Gasteiger partial charge in [0, 0.05) is 18.0 Å². The lowest BCUT2D eigenvalue weighted by Gasteiger charge is -2.25. The summed E-state index contributed by atoms with van der Waals surface area (Å²) in [5.41, 5.74) is -3.36. The van der Waals surface area contributed by atoms with Gasteiger partial charge in [0.15, 0.2) is 5.82 Å². The van der Waals surface area contributed by atoms with E-state index in [1.807, 2.05) is 5.32 Å². The summed E-state index contributed by atoms with van der Waals surface area (Å²) < 4.78 is 64.2. The number of carbonyl (C=O) groups excluding carboxylic acids is 1. The van der Waals surface area contributed by atoms with Crippen LogP contribution >= 0.6 is 11.6 Å². The molecule has 3 rings (SSSR count). The van der Waals surface area contributed by atoms with Crippen LogP contribution in [0, 0.1) is 0 Å². The summed E-state index contributed by atoms with van der Waals surface area (Å²) in [6.07, 6.45) is -2.13. The maximum absolute atomic E-state index is 12.9. The van der Waals surface area contributed by atoms with Crippen molar-refractivity contribution in [1.29, 1.82) is 0 Å². The number of sulfone groups is 1. The van der Waals surface area contributed by atoms with Crippen LogP contribution in [0.5, 0.6) is 0 Å². The fraction of sp³-hybridized carbons (Fsp3) is 0.150. The molecule has 1 heterocycles. The summed E-state index contributed by atoms with van der Waals surface area (Å²) in [7, 11) is -4.02. The maximum Gasteiger partial charge on any atom is 0.426 e. The first kappa shape index (κ1) is 23.6. The van der Waals surface area contributed by atoms with Crippen molar-refractivity contribution in [2.75, 3.05) is 5.32 Å². The molecule has 0 unspecified atom stereocenters. The van der Waals surface area contributed by atoms with E-state index in [1.54, 1.807) is 18.5 Å². The highest BCUT2D eigenvalue weighted by Crippen LogP contribution is 2.33. The van der Waals surface area contributed by atoms with Crippen LogP contribution in [0.4, 0.5) is 18.9 Å². The van der Waals surface area contributed by atoms with Crippen LogP contribution < -0.4 is 5.32 Å². The number of hydrogen-bond donors (Lipinski definition) is 2. The number of anilines is 1. The highest BCUT2D eigenvalue weighted by atomic mass is 35.5. The summed E-state index contributed by atoms with van der Waals surface area (Å²) in [5.74, 6) is -1.35. The van der Waals surface area contributed by atoms with Crippen molar-refractivity contribution in [2.45, 2.75) is 28.5 Å². The molecule has 0 bridgehead atoms. The van der Waals surface area contributed by atoms with Gasteiger partial charge in [-0.2, -0.15) is 13.2 Å². The normalized spacial score (nSPS) is 13.9. The second-order valence-electron chi connectivity index (χ2n) is 6.77. The molecule has 1 amide bonds. The number of carbonyl (C=O) groups is 1. The molecule has 0 radical (unpaired) electrons. The van der Waals surface area contributed by atoms with E-state index >= 15 is 0 Å². The van der Waals surface area contributed by atoms with Gasteiger partial charge in [-0.15, -0.1) is 0 Å². The number of aromatic nitrogens is 2. The summed E-state index contributed by atoms with van der Waals surface area (Å²) in [5, 5.41) is 10.9. The summed E-state index contributed by atoms with van der Waals surface area (Å²) >= 11 is 5.98. The molecule has 0 fully saturated rings. The van der Waals surface area contributed by atoms with Crippen molar-refractivity contribution in [3.8, 4) is 11.4 Å². The first-order chi connectivity index (χ1) is 14.8. The monoisotopic (exact) mass is 485 g/mol. The highest BCUT2D eigenvalue weighted by Gasteiger charge is 2.55. The number of nitrogens with zero attached hydrogens (tertiary/aromatic N) is 2. The standard InChI is InChI=1S/C20H15ClF3N3O4S/c1-19(29,20(22,23)24)18(28)27-16-8-7-14(11-15(16)21)32(30,31)13-5-3-12(4-6-13)17-25-9-2-10-26-17/h2-11,29H,1H3,(H,27,28)/t19-/m1/s1. The van der Waals surface area contributed by atoms with Crippen molar-refractivity contribution in [2.24, 2.45) is 0 Å². The van der Waals surface area contributed by atoms with E-state index in [4.69, 9.17) is 11.6 Å². The predicted octanol–water partition coefficient (Wildman–Crippen LogP) is 3.88. The fourth-order valence-electron chi connectivity index (χ4n) is 2.50. The molecule has 1 aromatic heterocycles. The van der Waals surface area contributed by atoms with Crippen LogP contribution in [0.1, 0.15) is 6.92 Å².